The average Bonchev–Trinajstić information content (AvgIpc) is 3.01. The quantitative estimate of drug-likeness (QED) is 0.786. The number of ether oxygens (including phenoxy) is 1. The fourth-order valence-electron chi connectivity index (χ4n) is 2.77. The van der Waals surface area contributed by atoms with Crippen LogP contribution in [0.4, 0.5) is 10.8 Å². The summed E-state index contributed by atoms with van der Waals surface area (Å²) in [5.74, 6) is 0.0706. The average molecular weight is 353 g/mol. The number of nitrogens with one attached hydrogen (secondary N) is 1. The molecule has 0 radical (unpaired) electrons. The van der Waals surface area contributed by atoms with Gasteiger partial charge in [0.25, 0.3) is 5.91 Å². The summed E-state index contributed by atoms with van der Waals surface area (Å²) < 4.78 is 6.40. The number of para-hydroxylation sites is 3. The number of fused-ring (bicyclic) bond motifs is 2. The van der Waals surface area contributed by atoms with Gasteiger partial charge in [-0.1, -0.05) is 35.6 Å². The summed E-state index contributed by atoms with van der Waals surface area (Å²) >= 11 is 1.42. The second-order valence-corrected chi connectivity index (χ2v) is 6.76. The summed E-state index contributed by atoms with van der Waals surface area (Å²) in [5.41, 5.74) is 2.55. The molecule has 2 amide bonds. The highest BCUT2D eigenvalue weighted by molar-refractivity contribution is 7.22. The first-order valence-electron chi connectivity index (χ1n) is 7.80. The van der Waals surface area contributed by atoms with Crippen LogP contribution in [0.25, 0.3) is 10.2 Å². The van der Waals surface area contributed by atoms with Crippen molar-refractivity contribution in [1.29, 1.82) is 0 Å². The number of amides is 2. The van der Waals surface area contributed by atoms with Crippen molar-refractivity contribution >= 4 is 44.2 Å². The van der Waals surface area contributed by atoms with E-state index in [-0.39, 0.29) is 25.0 Å². The molecule has 126 valence electrons. The van der Waals surface area contributed by atoms with Gasteiger partial charge in [-0.3, -0.25) is 14.5 Å². The Morgan fingerprint density at radius 3 is 2.96 bits per heavy atom. The monoisotopic (exact) mass is 353 g/mol. The second kappa shape index (κ2) is 6.18. The SMILES string of the molecule is Cc1cccc2sc(NC(=O)CN3C(=O)COc4ccccc43)nc12. The van der Waals surface area contributed by atoms with Crippen molar-refractivity contribution in [2.45, 2.75) is 6.92 Å². The molecule has 0 fully saturated rings. The van der Waals surface area contributed by atoms with E-state index in [9.17, 15) is 9.59 Å². The molecule has 2 aromatic carbocycles. The van der Waals surface area contributed by atoms with Crippen LogP contribution >= 0.6 is 11.3 Å². The maximum Gasteiger partial charge on any atom is 0.265 e. The third-order valence-electron chi connectivity index (χ3n) is 3.98. The Balaban J connectivity index is 1.54. The zero-order valence-electron chi connectivity index (χ0n) is 13.5. The van der Waals surface area contributed by atoms with Gasteiger partial charge in [0.2, 0.25) is 5.91 Å². The van der Waals surface area contributed by atoms with Gasteiger partial charge < -0.3 is 10.1 Å². The molecule has 0 spiro atoms. The van der Waals surface area contributed by atoms with Crippen LogP contribution in [0.5, 0.6) is 5.75 Å². The zero-order valence-corrected chi connectivity index (χ0v) is 14.3. The lowest BCUT2D eigenvalue weighted by molar-refractivity contribution is -0.123. The number of carbonyl (C=O) groups is 2. The molecule has 1 aromatic heterocycles. The molecule has 4 rings (SSSR count). The molecule has 0 saturated heterocycles. The zero-order chi connectivity index (χ0) is 17.4. The van der Waals surface area contributed by atoms with Crippen LogP contribution in [0.3, 0.4) is 0 Å². The van der Waals surface area contributed by atoms with Gasteiger partial charge in [-0.15, -0.1) is 0 Å². The Hall–Kier alpha value is -2.93. The van der Waals surface area contributed by atoms with Crippen molar-refractivity contribution in [3.05, 3.63) is 48.0 Å². The number of benzene rings is 2. The molecule has 1 N–H and O–H groups in total. The van der Waals surface area contributed by atoms with Crippen molar-refractivity contribution in [2.24, 2.45) is 0 Å². The van der Waals surface area contributed by atoms with Crippen LogP contribution < -0.4 is 15.0 Å². The number of hydrogen-bond donors (Lipinski definition) is 1. The number of nitrogens with zero attached hydrogens (tertiary/aromatic N) is 2. The molecule has 1 aliphatic heterocycles. The van der Waals surface area contributed by atoms with Crippen LogP contribution in [0.1, 0.15) is 5.56 Å². The van der Waals surface area contributed by atoms with E-state index in [4.69, 9.17) is 4.74 Å². The Bertz CT molecular complexity index is 983. The normalized spacial score (nSPS) is 13.5. The predicted octanol–water partition coefficient (Wildman–Crippen LogP) is 2.97. The largest absolute Gasteiger partial charge is 0.482 e. The van der Waals surface area contributed by atoms with E-state index in [1.807, 2.05) is 37.3 Å². The molecule has 0 aliphatic carbocycles. The third-order valence-corrected chi connectivity index (χ3v) is 4.91. The molecule has 0 unspecified atom stereocenters. The van der Waals surface area contributed by atoms with Crippen molar-refractivity contribution in [1.82, 2.24) is 4.98 Å². The molecule has 7 heteroatoms. The Morgan fingerprint density at radius 2 is 2.12 bits per heavy atom. The van der Waals surface area contributed by atoms with Crippen molar-refractivity contribution in [3.8, 4) is 5.75 Å². The molecule has 0 bridgehead atoms. The number of hydrogen-bond acceptors (Lipinski definition) is 5. The number of aryl methyl sites for hydroxylation is 1. The highest BCUT2D eigenvalue weighted by atomic mass is 32.1. The van der Waals surface area contributed by atoms with E-state index in [2.05, 4.69) is 10.3 Å². The summed E-state index contributed by atoms with van der Waals surface area (Å²) in [4.78, 5) is 30.5. The van der Waals surface area contributed by atoms with Crippen molar-refractivity contribution < 1.29 is 14.3 Å². The lowest BCUT2D eigenvalue weighted by Crippen LogP contribution is -2.43. The molecular weight excluding hydrogens is 338 g/mol. The Labute approximate surface area is 148 Å². The molecule has 2 heterocycles. The third kappa shape index (κ3) is 2.94. The van der Waals surface area contributed by atoms with E-state index in [1.54, 1.807) is 12.1 Å². The molecule has 25 heavy (non-hydrogen) atoms. The molecule has 0 atom stereocenters. The Morgan fingerprint density at radius 1 is 1.28 bits per heavy atom. The lowest BCUT2D eigenvalue weighted by Gasteiger charge is -2.28. The van der Waals surface area contributed by atoms with Crippen LogP contribution in [0, 0.1) is 6.92 Å². The number of thiazole rings is 1. The number of carbonyl (C=O) groups excluding carboxylic acids is 2. The fourth-order valence-corrected chi connectivity index (χ4v) is 3.73. The van der Waals surface area contributed by atoms with Gasteiger partial charge in [0.05, 0.1) is 15.9 Å². The fraction of sp³-hybridized carbons (Fsp3) is 0.167. The van der Waals surface area contributed by atoms with Crippen molar-refractivity contribution in [2.75, 3.05) is 23.4 Å². The van der Waals surface area contributed by atoms with Gasteiger partial charge in [-0.2, -0.15) is 0 Å². The number of rotatable bonds is 3. The standard InChI is InChI=1S/C18H15N3O3S/c1-11-5-4-8-14-17(11)20-18(25-14)19-15(22)9-21-12-6-2-3-7-13(12)24-10-16(21)23/h2-8H,9-10H2,1H3,(H,19,20,22). The van der Waals surface area contributed by atoms with Gasteiger partial charge in [-0.05, 0) is 30.7 Å². The summed E-state index contributed by atoms with van der Waals surface area (Å²) in [6.45, 7) is 1.84. The van der Waals surface area contributed by atoms with E-state index in [0.717, 1.165) is 15.8 Å². The van der Waals surface area contributed by atoms with E-state index in [0.29, 0.717) is 16.6 Å². The minimum Gasteiger partial charge on any atom is -0.482 e. The van der Waals surface area contributed by atoms with E-state index < -0.39 is 0 Å². The topological polar surface area (TPSA) is 71.5 Å². The molecule has 0 saturated carbocycles. The van der Waals surface area contributed by atoms with Gasteiger partial charge in [0.1, 0.15) is 12.3 Å². The minimum absolute atomic E-state index is 0.0649. The first-order chi connectivity index (χ1) is 12.1. The summed E-state index contributed by atoms with van der Waals surface area (Å²) in [6.07, 6.45) is 0. The Kier molecular flexibility index (Phi) is 3.85. The smallest absolute Gasteiger partial charge is 0.265 e. The number of aromatic nitrogens is 1. The maximum atomic E-state index is 12.4. The molecular formula is C18H15N3O3S. The van der Waals surface area contributed by atoms with Crippen LogP contribution in [-0.2, 0) is 9.59 Å². The second-order valence-electron chi connectivity index (χ2n) is 5.73. The first-order valence-corrected chi connectivity index (χ1v) is 8.61. The summed E-state index contributed by atoms with van der Waals surface area (Å²) in [6, 6.07) is 13.1. The molecule has 1 aliphatic rings. The van der Waals surface area contributed by atoms with Gasteiger partial charge in [-0.25, -0.2) is 4.98 Å². The lowest BCUT2D eigenvalue weighted by atomic mass is 10.2. The number of anilines is 2. The van der Waals surface area contributed by atoms with Crippen molar-refractivity contribution in [3.63, 3.8) is 0 Å². The van der Waals surface area contributed by atoms with E-state index in [1.165, 1.54) is 16.2 Å². The first kappa shape index (κ1) is 15.6. The predicted molar refractivity (Wildman–Crippen MR) is 97.3 cm³/mol. The highest BCUT2D eigenvalue weighted by Crippen LogP contribution is 2.32. The maximum absolute atomic E-state index is 12.4. The van der Waals surface area contributed by atoms with Gasteiger partial charge >= 0.3 is 0 Å². The van der Waals surface area contributed by atoms with E-state index >= 15 is 0 Å². The highest BCUT2D eigenvalue weighted by Gasteiger charge is 2.27. The van der Waals surface area contributed by atoms with Crippen LogP contribution in [-0.4, -0.2) is 29.9 Å². The van der Waals surface area contributed by atoms with Crippen LogP contribution in [0.15, 0.2) is 42.5 Å². The molecule has 6 nitrogen and oxygen atoms in total. The van der Waals surface area contributed by atoms with Gasteiger partial charge in [0.15, 0.2) is 11.7 Å². The molecule has 3 aromatic rings. The summed E-state index contributed by atoms with van der Waals surface area (Å²) in [5, 5.41) is 3.32. The minimum atomic E-state index is -0.290. The van der Waals surface area contributed by atoms with Gasteiger partial charge in [0, 0.05) is 0 Å². The van der Waals surface area contributed by atoms with Crippen LogP contribution in [0.2, 0.25) is 0 Å². The summed E-state index contributed by atoms with van der Waals surface area (Å²) in [7, 11) is 0.